The smallest absolute Gasteiger partial charge is 0.407 e. The van der Waals surface area contributed by atoms with Crippen LogP contribution in [0.4, 0.5) is 4.79 Å². The number of benzene rings is 1. The summed E-state index contributed by atoms with van der Waals surface area (Å²) in [4.78, 5) is 24.4. The molecule has 0 aliphatic rings. The lowest BCUT2D eigenvalue weighted by molar-refractivity contribution is -0.123. The summed E-state index contributed by atoms with van der Waals surface area (Å²) in [5.41, 5.74) is 0.675. The highest BCUT2D eigenvalue weighted by molar-refractivity contribution is 14.1. The van der Waals surface area contributed by atoms with E-state index in [2.05, 4.69) is 27.9 Å². The van der Waals surface area contributed by atoms with Crippen LogP contribution in [0.2, 0.25) is 0 Å². The molecule has 0 saturated carbocycles. The molecule has 0 spiro atoms. The molecule has 0 atom stereocenters. The lowest BCUT2D eigenvalue weighted by Crippen LogP contribution is -2.29. The third kappa shape index (κ3) is 8.44. The minimum absolute atomic E-state index is 0.0728. The van der Waals surface area contributed by atoms with Gasteiger partial charge in [-0.25, -0.2) is 4.79 Å². The molecule has 0 heterocycles. The molecule has 1 aromatic carbocycles. The van der Waals surface area contributed by atoms with Crippen LogP contribution in [-0.2, 0) is 9.53 Å². The van der Waals surface area contributed by atoms with E-state index in [9.17, 15) is 9.59 Å². The van der Waals surface area contributed by atoms with Crippen LogP contribution in [-0.4, -0.2) is 50.8 Å². The van der Waals surface area contributed by atoms with Crippen LogP contribution in [0.25, 0.3) is 0 Å². The van der Waals surface area contributed by atoms with Crippen molar-refractivity contribution in [3.8, 4) is 5.75 Å². The van der Waals surface area contributed by atoms with Crippen molar-refractivity contribution in [2.45, 2.75) is 6.92 Å². The van der Waals surface area contributed by atoms with Gasteiger partial charge in [-0.2, -0.15) is 0 Å². The molecule has 23 heavy (non-hydrogen) atoms. The number of hydrogen-bond donors (Lipinski definition) is 1. The van der Waals surface area contributed by atoms with Crippen molar-refractivity contribution in [2.75, 3.05) is 33.9 Å². The molecule has 1 aromatic rings. The zero-order valence-electron chi connectivity index (χ0n) is 13.5. The van der Waals surface area contributed by atoms with Crippen molar-refractivity contribution >= 4 is 34.6 Å². The van der Waals surface area contributed by atoms with Gasteiger partial charge in [-0.3, -0.25) is 4.79 Å². The molecule has 0 aromatic heterocycles. The molecular weight excluding hydrogens is 411 g/mol. The molecule has 0 aliphatic carbocycles. The van der Waals surface area contributed by atoms with Crippen LogP contribution in [0, 0.1) is 3.57 Å². The van der Waals surface area contributed by atoms with E-state index in [1.807, 2.05) is 24.3 Å². The molecule has 126 valence electrons. The second kappa shape index (κ2) is 10.1. The normalized spacial score (nSPS) is 10.9. The maximum absolute atomic E-state index is 11.5. The van der Waals surface area contributed by atoms with Crippen LogP contribution >= 0.6 is 22.6 Å². The maximum Gasteiger partial charge on any atom is 0.407 e. The molecule has 1 N–H and O–H groups in total. The molecule has 0 unspecified atom stereocenters. The quantitative estimate of drug-likeness (QED) is 0.409. The molecule has 0 radical (unpaired) electrons. The highest BCUT2D eigenvalue weighted by Crippen LogP contribution is 2.12. The molecule has 0 bridgehead atoms. The molecule has 2 amide bonds. The van der Waals surface area contributed by atoms with Crippen LogP contribution in [0.3, 0.4) is 0 Å². The van der Waals surface area contributed by atoms with E-state index in [0.717, 1.165) is 9.32 Å². The summed E-state index contributed by atoms with van der Waals surface area (Å²) in [5.74, 6) is 0.610. The van der Waals surface area contributed by atoms with Crippen LogP contribution in [0.15, 0.2) is 35.9 Å². The first-order valence-corrected chi connectivity index (χ1v) is 8.14. The van der Waals surface area contributed by atoms with E-state index >= 15 is 0 Å². The number of amides is 2. The number of likely N-dealkylation sites (N-methyl/N-ethyl adjacent to an activating group) is 1. The Morgan fingerprint density at radius 2 is 1.91 bits per heavy atom. The van der Waals surface area contributed by atoms with E-state index in [4.69, 9.17) is 9.47 Å². The first-order chi connectivity index (χ1) is 10.9. The fourth-order valence-corrected chi connectivity index (χ4v) is 1.82. The number of rotatable bonds is 7. The topological polar surface area (TPSA) is 67.9 Å². The van der Waals surface area contributed by atoms with Gasteiger partial charge >= 0.3 is 6.09 Å². The van der Waals surface area contributed by atoms with Gasteiger partial charge in [0.1, 0.15) is 19.0 Å². The highest BCUT2D eigenvalue weighted by atomic mass is 127. The number of hydrogen-bond acceptors (Lipinski definition) is 4. The van der Waals surface area contributed by atoms with Crippen LogP contribution in [0.1, 0.15) is 6.92 Å². The van der Waals surface area contributed by atoms with Gasteiger partial charge in [-0.05, 0) is 59.4 Å². The Balaban J connectivity index is 2.19. The summed E-state index contributed by atoms with van der Waals surface area (Å²) >= 11 is 2.22. The van der Waals surface area contributed by atoms with E-state index < -0.39 is 6.09 Å². The van der Waals surface area contributed by atoms with Gasteiger partial charge in [0.25, 0.3) is 0 Å². The van der Waals surface area contributed by atoms with Gasteiger partial charge in [0.15, 0.2) is 0 Å². The van der Waals surface area contributed by atoms with Crippen molar-refractivity contribution in [1.29, 1.82) is 0 Å². The Kier molecular flexibility index (Phi) is 8.46. The Bertz CT molecular complexity index is 556. The monoisotopic (exact) mass is 432 g/mol. The minimum Gasteiger partial charge on any atom is -0.492 e. The standard InChI is InChI=1S/C16H21IN2O4/c1-12(10-15(20)19(2)3)11-23-16(21)18-8-9-22-14-6-4-13(17)5-7-14/h4-7,10H,8-9,11H2,1-3H3,(H,18,21)/b12-10+. The number of carbonyl (C=O) groups excluding carboxylic acids is 2. The average molecular weight is 432 g/mol. The Hall–Kier alpha value is -1.77. The second-order valence-electron chi connectivity index (χ2n) is 5.03. The van der Waals surface area contributed by atoms with Gasteiger partial charge < -0.3 is 19.7 Å². The van der Waals surface area contributed by atoms with E-state index in [-0.39, 0.29) is 12.5 Å². The fraction of sp³-hybridized carbons (Fsp3) is 0.375. The largest absolute Gasteiger partial charge is 0.492 e. The van der Waals surface area contributed by atoms with Crippen molar-refractivity contribution < 1.29 is 19.1 Å². The van der Waals surface area contributed by atoms with Crippen LogP contribution < -0.4 is 10.1 Å². The number of nitrogens with zero attached hydrogens (tertiary/aromatic N) is 1. The average Bonchev–Trinajstić information content (AvgIpc) is 2.51. The SMILES string of the molecule is C/C(=C\C(=O)N(C)C)COC(=O)NCCOc1ccc(I)cc1. The first kappa shape index (κ1) is 19.3. The number of carbonyl (C=O) groups is 2. The Labute approximate surface area is 150 Å². The molecule has 1 rings (SSSR count). The fourth-order valence-electron chi connectivity index (χ4n) is 1.46. The third-order valence-corrected chi connectivity index (χ3v) is 3.41. The minimum atomic E-state index is -0.540. The summed E-state index contributed by atoms with van der Waals surface area (Å²) in [6.07, 6.45) is 0.897. The predicted molar refractivity (Wildman–Crippen MR) is 96.5 cm³/mol. The second-order valence-corrected chi connectivity index (χ2v) is 6.27. The van der Waals surface area contributed by atoms with Crippen LogP contribution in [0.5, 0.6) is 5.75 Å². The lowest BCUT2D eigenvalue weighted by Gasteiger charge is -2.10. The van der Waals surface area contributed by atoms with Crippen molar-refractivity contribution in [1.82, 2.24) is 10.2 Å². The van der Waals surface area contributed by atoms with E-state index in [1.54, 1.807) is 21.0 Å². The summed E-state index contributed by atoms with van der Waals surface area (Å²) < 4.78 is 11.6. The Morgan fingerprint density at radius 1 is 1.26 bits per heavy atom. The zero-order chi connectivity index (χ0) is 17.2. The van der Waals surface area contributed by atoms with Gasteiger partial charge in [0.2, 0.25) is 5.91 Å². The first-order valence-electron chi connectivity index (χ1n) is 7.06. The summed E-state index contributed by atoms with van der Waals surface area (Å²) in [7, 11) is 3.32. The van der Waals surface area contributed by atoms with E-state index in [1.165, 1.54) is 11.0 Å². The number of alkyl carbamates (subject to hydrolysis) is 1. The maximum atomic E-state index is 11.5. The third-order valence-electron chi connectivity index (χ3n) is 2.70. The van der Waals surface area contributed by atoms with Gasteiger partial charge in [-0.1, -0.05) is 0 Å². The molecule has 7 heteroatoms. The molecule has 0 saturated heterocycles. The van der Waals surface area contributed by atoms with Gasteiger partial charge in [0.05, 0.1) is 6.54 Å². The number of halogens is 1. The molecular formula is C16H21IN2O4. The molecule has 0 aliphatic heterocycles. The van der Waals surface area contributed by atoms with E-state index in [0.29, 0.717) is 18.7 Å². The zero-order valence-corrected chi connectivity index (χ0v) is 15.6. The summed E-state index contributed by atoms with van der Waals surface area (Å²) in [5, 5.41) is 2.59. The number of nitrogens with one attached hydrogen (secondary N) is 1. The van der Waals surface area contributed by atoms with Crippen molar-refractivity contribution in [3.05, 3.63) is 39.5 Å². The molecule has 0 fully saturated rings. The van der Waals surface area contributed by atoms with Crippen molar-refractivity contribution in [2.24, 2.45) is 0 Å². The predicted octanol–water partition coefficient (Wildman–Crippen LogP) is 2.43. The number of ether oxygens (including phenoxy) is 2. The Morgan fingerprint density at radius 3 is 2.52 bits per heavy atom. The summed E-state index contributed by atoms with van der Waals surface area (Å²) in [6.45, 7) is 2.49. The van der Waals surface area contributed by atoms with Crippen molar-refractivity contribution in [3.63, 3.8) is 0 Å². The van der Waals surface area contributed by atoms with Gasteiger partial charge in [0, 0.05) is 23.7 Å². The lowest BCUT2D eigenvalue weighted by atomic mass is 10.3. The molecule has 6 nitrogen and oxygen atoms in total. The summed E-state index contributed by atoms with van der Waals surface area (Å²) in [6, 6.07) is 7.63. The van der Waals surface area contributed by atoms with Gasteiger partial charge in [-0.15, -0.1) is 0 Å². The highest BCUT2D eigenvalue weighted by Gasteiger charge is 2.04.